The molecule has 0 aliphatic carbocycles. The molecule has 0 spiro atoms. The minimum atomic E-state index is -0.341. The second kappa shape index (κ2) is 8.43. The molecule has 0 fully saturated rings. The quantitative estimate of drug-likeness (QED) is 0.424. The van der Waals surface area contributed by atoms with Gasteiger partial charge in [0.1, 0.15) is 11.2 Å². The summed E-state index contributed by atoms with van der Waals surface area (Å²) >= 11 is 0. The van der Waals surface area contributed by atoms with E-state index in [0.29, 0.717) is 22.5 Å². The van der Waals surface area contributed by atoms with Crippen LogP contribution in [0.3, 0.4) is 0 Å². The molecule has 0 radical (unpaired) electrons. The van der Waals surface area contributed by atoms with Gasteiger partial charge in [0.2, 0.25) is 11.9 Å². The normalized spacial score (nSPS) is 11.1. The van der Waals surface area contributed by atoms with Crippen LogP contribution in [0.15, 0.2) is 65.6 Å². The average molecular weight is 454 g/mol. The van der Waals surface area contributed by atoms with Crippen molar-refractivity contribution in [3.05, 3.63) is 93.5 Å². The van der Waals surface area contributed by atoms with Crippen molar-refractivity contribution in [1.29, 1.82) is 0 Å². The molecule has 170 valence electrons. The van der Waals surface area contributed by atoms with Gasteiger partial charge in [0.15, 0.2) is 5.65 Å². The van der Waals surface area contributed by atoms with Crippen LogP contribution < -0.4 is 10.9 Å². The molecule has 2 N–H and O–H groups in total. The van der Waals surface area contributed by atoms with Gasteiger partial charge in [0.25, 0.3) is 5.56 Å². The number of carbonyl (C=O) groups excluding carboxylic acids is 1. The molecular formula is C25H23N7O2. The highest BCUT2D eigenvalue weighted by Gasteiger charge is 2.18. The van der Waals surface area contributed by atoms with Gasteiger partial charge in [-0.3, -0.25) is 14.6 Å². The summed E-state index contributed by atoms with van der Waals surface area (Å²) in [4.78, 5) is 33.0. The Morgan fingerprint density at radius 1 is 1.03 bits per heavy atom. The van der Waals surface area contributed by atoms with E-state index in [0.717, 1.165) is 22.4 Å². The van der Waals surface area contributed by atoms with Gasteiger partial charge >= 0.3 is 0 Å². The largest absolute Gasteiger partial charge is 0.310 e. The Hall–Kier alpha value is -4.53. The van der Waals surface area contributed by atoms with Crippen LogP contribution in [0.25, 0.3) is 22.7 Å². The molecule has 0 saturated carbocycles. The van der Waals surface area contributed by atoms with Crippen molar-refractivity contribution in [3.8, 4) is 11.6 Å². The van der Waals surface area contributed by atoms with E-state index in [2.05, 4.69) is 25.5 Å². The first-order chi connectivity index (χ1) is 16.4. The average Bonchev–Trinajstić information content (AvgIpc) is 3.40. The summed E-state index contributed by atoms with van der Waals surface area (Å²) in [6.07, 6.45) is 1.72. The fraction of sp³-hybridized carbons (Fsp3) is 0.160. The standard InChI is InChI=1S/C25H23N7O2/c1-15-8-7-11-20(17(15)3)31-23-19(14-26-31)24(34)29-25(28-23)32-21(12-16(2)30-32)27-22(33)13-18-9-5-4-6-10-18/h4-12,14H,13H2,1-3H3,(H,27,33)(H,28,29,34). The Bertz CT molecular complexity index is 1580. The number of H-pyrrole nitrogens is 1. The van der Waals surface area contributed by atoms with Crippen molar-refractivity contribution in [2.75, 3.05) is 5.32 Å². The highest BCUT2D eigenvalue weighted by Crippen LogP contribution is 2.21. The van der Waals surface area contributed by atoms with Gasteiger partial charge in [-0.25, -0.2) is 4.68 Å². The molecule has 9 nitrogen and oxygen atoms in total. The highest BCUT2D eigenvalue weighted by molar-refractivity contribution is 5.91. The van der Waals surface area contributed by atoms with Crippen LogP contribution in [0, 0.1) is 20.8 Å². The second-order valence-electron chi connectivity index (χ2n) is 8.20. The molecule has 0 atom stereocenters. The minimum Gasteiger partial charge on any atom is -0.310 e. The monoisotopic (exact) mass is 453 g/mol. The Morgan fingerprint density at radius 2 is 1.82 bits per heavy atom. The van der Waals surface area contributed by atoms with Crippen molar-refractivity contribution in [2.45, 2.75) is 27.2 Å². The second-order valence-corrected chi connectivity index (χ2v) is 8.20. The van der Waals surface area contributed by atoms with Gasteiger partial charge < -0.3 is 5.32 Å². The van der Waals surface area contributed by atoms with Gasteiger partial charge in [0.05, 0.1) is 24.0 Å². The third kappa shape index (κ3) is 3.88. The first kappa shape index (κ1) is 21.3. The van der Waals surface area contributed by atoms with Crippen LogP contribution in [0.4, 0.5) is 5.82 Å². The van der Waals surface area contributed by atoms with E-state index in [1.165, 1.54) is 10.9 Å². The van der Waals surface area contributed by atoms with Crippen molar-refractivity contribution >= 4 is 22.8 Å². The molecule has 0 aliphatic heterocycles. The minimum absolute atomic E-state index is 0.188. The Balaban J connectivity index is 1.56. The van der Waals surface area contributed by atoms with Crippen LogP contribution in [-0.2, 0) is 11.2 Å². The van der Waals surface area contributed by atoms with Gasteiger partial charge in [-0.2, -0.15) is 19.9 Å². The molecule has 5 rings (SSSR count). The third-order valence-electron chi connectivity index (χ3n) is 5.74. The van der Waals surface area contributed by atoms with Crippen LogP contribution >= 0.6 is 0 Å². The Kier molecular flexibility index (Phi) is 5.29. The predicted molar refractivity (Wildman–Crippen MR) is 130 cm³/mol. The number of aryl methyl sites for hydroxylation is 2. The van der Waals surface area contributed by atoms with E-state index in [4.69, 9.17) is 0 Å². The number of nitrogens with zero attached hydrogens (tertiary/aromatic N) is 5. The molecule has 3 heterocycles. The van der Waals surface area contributed by atoms with Crippen molar-refractivity contribution in [1.82, 2.24) is 29.5 Å². The zero-order chi connectivity index (χ0) is 23.8. The van der Waals surface area contributed by atoms with Gasteiger partial charge in [-0.1, -0.05) is 42.5 Å². The summed E-state index contributed by atoms with van der Waals surface area (Å²) < 4.78 is 3.08. The number of aromatic nitrogens is 6. The number of nitrogens with one attached hydrogen (secondary N) is 2. The lowest BCUT2D eigenvalue weighted by Crippen LogP contribution is -2.20. The highest BCUT2D eigenvalue weighted by atomic mass is 16.1. The number of rotatable bonds is 5. The number of anilines is 1. The maximum atomic E-state index is 12.9. The smallest absolute Gasteiger partial charge is 0.263 e. The molecule has 0 bridgehead atoms. The van der Waals surface area contributed by atoms with Crippen molar-refractivity contribution in [3.63, 3.8) is 0 Å². The first-order valence-corrected chi connectivity index (χ1v) is 10.9. The fourth-order valence-electron chi connectivity index (χ4n) is 3.87. The summed E-state index contributed by atoms with van der Waals surface area (Å²) in [5.41, 5.74) is 4.62. The van der Waals surface area contributed by atoms with Crippen molar-refractivity contribution < 1.29 is 4.79 Å². The molecule has 3 aromatic heterocycles. The fourth-order valence-corrected chi connectivity index (χ4v) is 3.87. The molecule has 5 aromatic rings. The van der Waals surface area contributed by atoms with Gasteiger partial charge in [-0.05, 0) is 43.5 Å². The first-order valence-electron chi connectivity index (χ1n) is 10.9. The molecule has 34 heavy (non-hydrogen) atoms. The Labute approximate surface area is 195 Å². The number of carbonyl (C=O) groups is 1. The number of hydrogen-bond donors (Lipinski definition) is 2. The van der Waals surface area contributed by atoms with Crippen LogP contribution in [0.2, 0.25) is 0 Å². The molecule has 9 heteroatoms. The van der Waals surface area contributed by atoms with Gasteiger partial charge in [-0.15, -0.1) is 0 Å². The topological polar surface area (TPSA) is 110 Å². The predicted octanol–water partition coefficient (Wildman–Crippen LogP) is 3.40. The van der Waals surface area contributed by atoms with Crippen LogP contribution in [0.5, 0.6) is 0 Å². The zero-order valence-electron chi connectivity index (χ0n) is 19.0. The van der Waals surface area contributed by atoms with E-state index >= 15 is 0 Å². The van der Waals surface area contributed by atoms with Crippen LogP contribution in [-0.4, -0.2) is 35.4 Å². The summed E-state index contributed by atoms with van der Waals surface area (Å²) in [7, 11) is 0. The summed E-state index contributed by atoms with van der Waals surface area (Å²) in [5.74, 6) is 0.405. The van der Waals surface area contributed by atoms with Crippen LogP contribution in [0.1, 0.15) is 22.4 Å². The Morgan fingerprint density at radius 3 is 2.62 bits per heavy atom. The van der Waals surface area contributed by atoms with E-state index in [1.807, 2.05) is 62.4 Å². The van der Waals surface area contributed by atoms with Gasteiger partial charge in [0, 0.05) is 6.07 Å². The van der Waals surface area contributed by atoms with E-state index in [1.54, 1.807) is 17.7 Å². The zero-order valence-corrected chi connectivity index (χ0v) is 19.0. The lowest BCUT2D eigenvalue weighted by Gasteiger charge is -2.11. The lowest BCUT2D eigenvalue weighted by molar-refractivity contribution is -0.115. The summed E-state index contributed by atoms with van der Waals surface area (Å²) in [6, 6.07) is 17.1. The van der Waals surface area contributed by atoms with E-state index < -0.39 is 0 Å². The lowest BCUT2D eigenvalue weighted by atomic mass is 10.1. The number of amides is 1. The molecule has 0 aliphatic rings. The number of hydrogen-bond acceptors (Lipinski definition) is 5. The number of fused-ring (bicyclic) bond motifs is 1. The molecule has 0 saturated heterocycles. The maximum Gasteiger partial charge on any atom is 0.263 e. The number of benzene rings is 2. The van der Waals surface area contributed by atoms with E-state index in [9.17, 15) is 9.59 Å². The molecule has 0 unspecified atom stereocenters. The summed E-state index contributed by atoms with van der Waals surface area (Å²) in [5, 5.41) is 12.1. The van der Waals surface area contributed by atoms with Crippen molar-refractivity contribution in [2.24, 2.45) is 0 Å². The SMILES string of the molecule is Cc1cc(NC(=O)Cc2ccccc2)n(-c2nc3c(cnn3-c3cccc(C)c3C)c(=O)[nH]2)n1. The molecule has 2 aromatic carbocycles. The number of aromatic amines is 1. The maximum absolute atomic E-state index is 12.9. The molecule has 1 amide bonds. The summed E-state index contributed by atoms with van der Waals surface area (Å²) in [6.45, 7) is 5.83. The third-order valence-corrected chi connectivity index (χ3v) is 5.74. The molecular weight excluding hydrogens is 430 g/mol. The van der Waals surface area contributed by atoms with E-state index in [-0.39, 0.29) is 23.8 Å².